The normalized spacial score (nSPS) is 12.9. The molecule has 2 aliphatic carbocycles. The monoisotopic (exact) mass is 749 g/mol. The molecule has 274 valence electrons. The summed E-state index contributed by atoms with van der Waals surface area (Å²) in [5.41, 5.74) is 17.7. The number of aromatic nitrogens is 3. The first kappa shape index (κ1) is 33.4. The Morgan fingerprint density at radius 3 is 1.39 bits per heavy atom. The molecule has 1 aromatic heterocycles. The molecular formula is C56H35N3. The van der Waals surface area contributed by atoms with Gasteiger partial charge in [-0.1, -0.05) is 200 Å². The van der Waals surface area contributed by atoms with Gasteiger partial charge in [0, 0.05) is 16.7 Å². The van der Waals surface area contributed by atoms with Crippen LogP contribution >= 0.6 is 0 Å². The van der Waals surface area contributed by atoms with Crippen molar-refractivity contribution in [3.63, 3.8) is 0 Å². The maximum absolute atomic E-state index is 5.24. The summed E-state index contributed by atoms with van der Waals surface area (Å²) in [5, 5.41) is 2.24. The highest BCUT2D eigenvalue weighted by Gasteiger charge is 2.52. The minimum Gasteiger partial charge on any atom is -0.208 e. The van der Waals surface area contributed by atoms with Crippen molar-refractivity contribution in [2.75, 3.05) is 0 Å². The van der Waals surface area contributed by atoms with Crippen LogP contribution < -0.4 is 0 Å². The molecule has 9 aromatic carbocycles. The highest BCUT2D eigenvalue weighted by atomic mass is 15.0. The van der Waals surface area contributed by atoms with Crippen molar-refractivity contribution in [2.45, 2.75) is 5.41 Å². The van der Waals surface area contributed by atoms with Crippen molar-refractivity contribution in [2.24, 2.45) is 0 Å². The van der Waals surface area contributed by atoms with Gasteiger partial charge in [0.15, 0.2) is 17.5 Å². The Kier molecular flexibility index (Phi) is 7.45. The summed E-state index contributed by atoms with van der Waals surface area (Å²) in [4.78, 5) is 15.5. The fourth-order valence-electron chi connectivity index (χ4n) is 9.91. The van der Waals surface area contributed by atoms with Crippen LogP contribution in [0.25, 0.3) is 89.4 Å². The van der Waals surface area contributed by atoms with E-state index in [2.05, 4.69) is 188 Å². The minimum atomic E-state index is -0.405. The summed E-state index contributed by atoms with van der Waals surface area (Å²) in [5.74, 6) is 1.92. The predicted molar refractivity (Wildman–Crippen MR) is 241 cm³/mol. The first-order chi connectivity index (χ1) is 29.3. The molecule has 1 heterocycles. The molecule has 3 nitrogen and oxygen atoms in total. The van der Waals surface area contributed by atoms with E-state index in [1.165, 1.54) is 55.6 Å². The van der Waals surface area contributed by atoms with E-state index in [0.29, 0.717) is 17.5 Å². The lowest BCUT2D eigenvalue weighted by Gasteiger charge is -2.30. The molecule has 59 heavy (non-hydrogen) atoms. The quantitative estimate of drug-likeness (QED) is 0.176. The highest BCUT2D eigenvalue weighted by molar-refractivity contribution is 6.08. The second-order valence-corrected chi connectivity index (χ2v) is 15.4. The summed E-state index contributed by atoms with van der Waals surface area (Å²) in [6, 6.07) is 76.2. The third-order valence-corrected chi connectivity index (χ3v) is 12.4. The van der Waals surface area contributed by atoms with Crippen LogP contribution in [-0.2, 0) is 5.41 Å². The number of rotatable bonds is 5. The molecule has 0 unspecified atom stereocenters. The Morgan fingerprint density at radius 1 is 0.254 bits per heavy atom. The van der Waals surface area contributed by atoms with Gasteiger partial charge >= 0.3 is 0 Å². The van der Waals surface area contributed by atoms with Crippen molar-refractivity contribution in [1.29, 1.82) is 0 Å². The van der Waals surface area contributed by atoms with Crippen LogP contribution in [0.1, 0.15) is 22.3 Å². The molecule has 0 amide bonds. The zero-order valence-electron chi connectivity index (χ0n) is 32.0. The number of hydrogen-bond acceptors (Lipinski definition) is 3. The summed E-state index contributed by atoms with van der Waals surface area (Å²) >= 11 is 0. The van der Waals surface area contributed by atoms with Crippen LogP contribution in [0.3, 0.4) is 0 Å². The van der Waals surface area contributed by atoms with Crippen LogP contribution in [0.5, 0.6) is 0 Å². The van der Waals surface area contributed by atoms with Crippen LogP contribution in [0.15, 0.2) is 212 Å². The number of fused-ring (bicyclic) bond motifs is 11. The first-order valence-corrected chi connectivity index (χ1v) is 20.2. The Labute approximate surface area is 343 Å². The average molecular weight is 750 g/mol. The van der Waals surface area contributed by atoms with Crippen LogP contribution in [-0.4, -0.2) is 15.0 Å². The van der Waals surface area contributed by atoms with Crippen LogP contribution in [0, 0.1) is 0 Å². The smallest absolute Gasteiger partial charge is 0.164 e. The maximum atomic E-state index is 5.24. The lowest BCUT2D eigenvalue weighted by atomic mass is 9.70. The van der Waals surface area contributed by atoms with Crippen molar-refractivity contribution in [3.8, 4) is 78.7 Å². The molecule has 3 heteroatoms. The Hall–Kier alpha value is -7.75. The van der Waals surface area contributed by atoms with E-state index in [4.69, 9.17) is 15.0 Å². The summed E-state index contributed by atoms with van der Waals surface area (Å²) < 4.78 is 0. The molecule has 1 spiro atoms. The van der Waals surface area contributed by atoms with Gasteiger partial charge < -0.3 is 0 Å². The molecule has 0 bridgehead atoms. The molecule has 0 N–H and O–H groups in total. The van der Waals surface area contributed by atoms with Crippen LogP contribution in [0.4, 0.5) is 0 Å². The average Bonchev–Trinajstić information content (AvgIpc) is 3.79. The Morgan fingerprint density at radius 2 is 0.695 bits per heavy atom. The molecule has 0 radical (unpaired) electrons. The Bertz CT molecular complexity index is 3230. The van der Waals surface area contributed by atoms with E-state index in [9.17, 15) is 0 Å². The summed E-state index contributed by atoms with van der Waals surface area (Å²) in [7, 11) is 0. The molecule has 0 fully saturated rings. The molecule has 0 saturated carbocycles. The molecule has 12 rings (SSSR count). The van der Waals surface area contributed by atoms with Crippen molar-refractivity contribution >= 4 is 10.8 Å². The van der Waals surface area contributed by atoms with Gasteiger partial charge in [-0.05, 0) is 89.7 Å². The third kappa shape index (κ3) is 4.98. The van der Waals surface area contributed by atoms with E-state index < -0.39 is 5.41 Å². The third-order valence-electron chi connectivity index (χ3n) is 12.4. The van der Waals surface area contributed by atoms with Crippen molar-refractivity contribution in [3.05, 3.63) is 235 Å². The van der Waals surface area contributed by atoms with Gasteiger partial charge in [-0.25, -0.2) is 15.0 Å². The molecular weight excluding hydrogens is 715 g/mol. The molecule has 0 aliphatic heterocycles. The zero-order valence-corrected chi connectivity index (χ0v) is 32.0. The fourth-order valence-corrected chi connectivity index (χ4v) is 9.91. The molecule has 2 aliphatic rings. The lowest BCUT2D eigenvalue weighted by molar-refractivity contribution is 0.794. The minimum absolute atomic E-state index is 0.405. The second kappa shape index (κ2) is 13.2. The standard InChI is InChI=1S/C56H35N3/c1-3-17-36(18-4-1)38-21-15-22-39(35-38)54-57-53(37-19-5-2-6-20-37)58-55(59-54)46-34-33-42(40-23-7-8-24-41(40)46)45-28-16-32-51-52(45)47-27-11-14-31-50(47)56(51)48-29-12-9-25-43(48)44-26-10-13-30-49(44)56/h1-35H. The van der Waals surface area contributed by atoms with E-state index in [-0.39, 0.29) is 0 Å². The lowest BCUT2D eigenvalue weighted by Crippen LogP contribution is -2.25. The molecule has 0 saturated heterocycles. The van der Waals surface area contributed by atoms with E-state index in [1.54, 1.807) is 0 Å². The second-order valence-electron chi connectivity index (χ2n) is 15.4. The SMILES string of the molecule is c1ccc(-c2cccc(-c3nc(-c4ccccc4)nc(-c4ccc(-c5cccc6c5-c5ccccc5C65c6ccccc6-c6ccccc65)c5ccccc45)n3)c2)cc1. The summed E-state index contributed by atoms with van der Waals surface area (Å²) in [6.45, 7) is 0. The molecule has 10 aromatic rings. The fraction of sp³-hybridized carbons (Fsp3) is 0.0179. The molecule has 0 atom stereocenters. The largest absolute Gasteiger partial charge is 0.208 e. The number of hydrogen-bond donors (Lipinski definition) is 0. The maximum Gasteiger partial charge on any atom is 0.164 e. The Balaban J connectivity index is 1.07. The van der Waals surface area contributed by atoms with E-state index in [1.807, 2.05) is 24.3 Å². The predicted octanol–water partition coefficient (Wildman–Crippen LogP) is 13.7. The highest BCUT2D eigenvalue weighted by Crippen LogP contribution is 2.64. The summed E-state index contributed by atoms with van der Waals surface area (Å²) in [6.07, 6.45) is 0. The van der Waals surface area contributed by atoms with Gasteiger partial charge in [-0.2, -0.15) is 0 Å². The first-order valence-electron chi connectivity index (χ1n) is 20.2. The van der Waals surface area contributed by atoms with Crippen molar-refractivity contribution < 1.29 is 0 Å². The van der Waals surface area contributed by atoms with Gasteiger partial charge in [0.05, 0.1) is 5.41 Å². The van der Waals surface area contributed by atoms with Gasteiger partial charge in [-0.3, -0.25) is 0 Å². The number of nitrogens with zero attached hydrogens (tertiary/aromatic N) is 3. The van der Waals surface area contributed by atoms with Crippen LogP contribution in [0.2, 0.25) is 0 Å². The van der Waals surface area contributed by atoms with E-state index in [0.717, 1.165) is 38.6 Å². The van der Waals surface area contributed by atoms with Gasteiger partial charge in [-0.15, -0.1) is 0 Å². The van der Waals surface area contributed by atoms with Gasteiger partial charge in [0.25, 0.3) is 0 Å². The topological polar surface area (TPSA) is 38.7 Å². The van der Waals surface area contributed by atoms with Gasteiger partial charge in [0.2, 0.25) is 0 Å². The zero-order chi connectivity index (χ0) is 38.9. The van der Waals surface area contributed by atoms with E-state index >= 15 is 0 Å². The number of benzene rings is 9. The van der Waals surface area contributed by atoms with Crippen molar-refractivity contribution in [1.82, 2.24) is 15.0 Å². The van der Waals surface area contributed by atoms with Gasteiger partial charge in [0.1, 0.15) is 0 Å².